The van der Waals surface area contributed by atoms with Crippen LogP contribution < -0.4 is 10.1 Å². The van der Waals surface area contributed by atoms with Crippen LogP contribution in [0.5, 0.6) is 5.75 Å². The van der Waals surface area contributed by atoms with E-state index in [9.17, 15) is 0 Å². The summed E-state index contributed by atoms with van der Waals surface area (Å²) in [5, 5.41) is 4.30. The highest BCUT2D eigenvalue weighted by atomic mass is 35.5. The van der Waals surface area contributed by atoms with Gasteiger partial charge >= 0.3 is 0 Å². The first-order valence-corrected chi connectivity index (χ1v) is 7.41. The minimum Gasteiger partial charge on any atom is -0.493 e. The number of benzene rings is 2. The van der Waals surface area contributed by atoms with Crippen molar-refractivity contribution in [3.8, 4) is 5.75 Å². The molecule has 104 valence electrons. The highest BCUT2D eigenvalue weighted by Gasteiger charge is 2.22. The lowest BCUT2D eigenvalue weighted by molar-refractivity contribution is 0.350. The van der Waals surface area contributed by atoms with Crippen LogP contribution in [0, 0.1) is 0 Å². The molecule has 3 rings (SSSR count). The number of hydrogen-bond acceptors (Lipinski definition) is 2. The Morgan fingerprint density at radius 3 is 2.75 bits per heavy atom. The van der Waals surface area contributed by atoms with Gasteiger partial charge in [0.15, 0.2) is 0 Å². The maximum absolute atomic E-state index is 5.99. The summed E-state index contributed by atoms with van der Waals surface area (Å²) in [7, 11) is 0. The van der Waals surface area contributed by atoms with Gasteiger partial charge in [0.1, 0.15) is 5.75 Å². The van der Waals surface area contributed by atoms with Crippen molar-refractivity contribution < 1.29 is 4.74 Å². The molecule has 0 saturated carbocycles. The van der Waals surface area contributed by atoms with Crippen LogP contribution in [0.4, 0.5) is 0 Å². The van der Waals surface area contributed by atoms with E-state index in [2.05, 4.69) is 42.6 Å². The van der Waals surface area contributed by atoms with Crippen LogP contribution >= 0.6 is 11.6 Å². The molecule has 0 saturated heterocycles. The number of nitrogens with one attached hydrogen (secondary N) is 1. The smallest absolute Gasteiger partial charge is 0.127 e. The summed E-state index contributed by atoms with van der Waals surface area (Å²) in [5.74, 6) is 1.05. The fourth-order valence-corrected chi connectivity index (χ4v) is 2.86. The maximum atomic E-state index is 5.99. The van der Waals surface area contributed by atoms with Gasteiger partial charge in [0.25, 0.3) is 0 Å². The largest absolute Gasteiger partial charge is 0.493 e. The van der Waals surface area contributed by atoms with E-state index in [4.69, 9.17) is 16.3 Å². The van der Waals surface area contributed by atoms with Gasteiger partial charge in [-0.3, -0.25) is 0 Å². The van der Waals surface area contributed by atoms with Crippen LogP contribution in [0.25, 0.3) is 0 Å². The van der Waals surface area contributed by atoms with Crippen molar-refractivity contribution in [1.29, 1.82) is 0 Å². The molecule has 20 heavy (non-hydrogen) atoms. The molecule has 2 aromatic rings. The first kappa shape index (κ1) is 13.5. The monoisotopic (exact) mass is 287 g/mol. The Balaban J connectivity index is 2.03. The molecule has 1 aliphatic rings. The fourth-order valence-electron chi connectivity index (χ4n) is 2.73. The van der Waals surface area contributed by atoms with E-state index < -0.39 is 0 Å². The molecular formula is C17H18ClNO. The van der Waals surface area contributed by atoms with Gasteiger partial charge in [-0.15, -0.1) is 0 Å². The van der Waals surface area contributed by atoms with Crippen molar-refractivity contribution in [1.82, 2.24) is 5.32 Å². The average Bonchev–Trinajstić information content (AvgIpc) is 2.94. The summed E-state index contributed by atoms with van der Waals surface area (Å²) in [5.41, 5.74) is 3.73. The van der Waals surface area contributed by atoms with Gasteiger partial charge in [0.05, 0.1) is 12.6 Å². The van der Waals surface area contributed by atoms with Crippen molar-refractivity contribution in [2.45, 2.75) is 19.4 Å². The number of hydrogen-bond donors (Lipinski definition) is 1. The van der Waals surface area contributed by atoms with Gasteiger partial charge in [0, 0.05) is 17.0 Å². The summed E-state index contributed by atoms with van der Waals surface area (Å²) in [6.07, 6.45) is 1.00. The highest BCUT2D eigenvalue weighted by molar-refractivity contribution is 6.30. The fraction of sp³-hybridized carbons (Fsp3) is 0.294. The zero-order valence-corrected chi connectivity index (χ0v) is 12.3. The molecule has 1 N–H and O–H groups in total. The lowest BCUT2D eigenvalue weighted by Gasteiger charge is -2.21. The van der Waals surface area contributed by atoms with Crippen LogP contribution in [0.2, 0.25) is 5.02 Å². The second-order valence-electron chi connectivity index (χ2n) is 4.98. The van der Waals surface area contributed by atoms with E-state index in [0.29, 0.717) is 0 Å². The minimum absolute atomic E-state index is 0.144. The molecule has 0 aromatic heterocycles. The average molecular weight is 288 g/mol. The molecule has 2 aromatic carbocycles. The van der Waals surface area contributed by atoms with Crippen molar-refractivity contribution in [3.05, 3.63) is 64.2 Å². The predicted molar refractivity (Wildman–Crippen MR) is 82.6 cm³/mol. The third-order valence-corrected chi connectivity index (χ3v) is 3.92. The normalized spacial score (nSPS) is 14.7. The molecule has 0 fully saturated rings. The van der Waals surface area contributed by atoms with Gasteiger partial charge in [-0.1, -0.05) is 48.9 Å². The first-order chi connectivity index (χ1) is 9.79. The molecule has 1 heterocycles. The van der Waals surface area contributed by atoms with Crippen LogP contribution in [0.3, 0.4) is 0 Å². The van der Waals surface area contributed by atoms with Gasteiger partial charge in [-0.2, -0.15) is 0 Å². The minimum atomic E-state index is 0.144. The Morgan fingerprint density at radius 1 is 1.20 bits per heavy atom. The van der Waals surface area contributed by atoms with Gasteiger partial charge in [-0.05, 0) is 29.8 Å². The highest BCUT2D eigenvalue weighted by Crippen LogP contribution is 2.36. The number of halogens is 1. The lowest BCUT2D eigenvalue weighted by atomic mass is 9.96. The molecule has 1 atom stereocenters. The SMILES string of the molecule is CCNC(c1ccc(Cl)cc1)c1cccc2c1OCC2. The van der Waals surface area contributed by atoms with Gasteiger partial charge in [-0.25, -0.2) is 0 Å². The Kier molecular flexibility index (Phi) is 3.95. The molecule has 0 radical (unpaired) electrons. The van der Waals surface area contributed by atoms with Gasteiger partial charge in [0.2, 0.25) is 0 Å². The number of rotatable bonds is 4. The van der Waals surface area contributed by atoms with E-state index >= 15 is 0 Å². The summed E-state index contributed by atoms with van der Waals surface area (Å²) >= 11 is 5.99. The van der Waals surface area contributed by atoms with Crippen LogP contribution in [-0.2, 0) is 6.42 Å². The number of ether oxygens (including phenoxy) is 1. The molecule has 1 aliphatic heterocycles. The second kappa shape index (κ2) is 5.86. The van der Waals surface area contributed by atoms with Crippen molar-refractivity contribution >= 4 is 11.6 Å². The van der Waals surface area contributed by atoms with E-state index in [1.807, 2.05) is 12.1 Å². The molecule has 1 unspecified atom stereocenters. The molecule has 3 heteroatoms. The zero-order chi connectivity index (χ0) is 13.9. The Bertz CT molecular complexity index is 594. The maximum Gasteiger partial charge on any atom is 0.127 e. The zero-order valence-electron chi connectivity index (χ0n) is 11.5. The molecule has 0 bridgehead atoms. The quantitative estimate of drug-likeness (QED) is 0.918. The Labute approximate surface area is 124 Å². The van der Waals surface area contributed by atoms with E-state index in [1.165, 1.54) is 16.7 Å². The van der Waals surface area contributed by atoms with E-state index in [0.717, 1.165) is 30.3 Å². The van der Waals surface area contributed by atoms with E-state index in [1.54, 1.807) is 0 Å². The standard InChI is InChI=1S/C17H18ClNO/c1-2-19-16(12-6-8-14(18)9-7-12)15-5-3-4-13-10-11-20-17(13)15/h3-9,16,19H,2,10-11H2,1H3. The number of fused-ring (bicyclic) bond motifs is 1. The summed E-state index contributed by atoms with van der Waals surface area (Å²) in [6.45, 7) is 3.80. The predicted octanol–water partition coefficient (Wildman–Crippen LogP) is 3.97. The van der Waals surface area contributed by atoms with Crippen LogP contribution in [-0.4, -0.2) is 13.2 Å². The molecule has 0 spiro atoms. The third-order valence-electron chi connectivity index (χ3n) is 3.67. The summed E-state index contributed by atoms with van der Waals surface area (Å²) in [4.78, 5) is 0. The number of para-hydroxylation sites is 1. The Hall–Kier alpha value is -1.51. The topological polar surface area (TPSA) is 21.3 Å². The molecule has 0 amide bonds. The molecular weight excluding hydrogens is 270 g/mol. The van der Waals surface area contributed by atoms with E-state index in [-0.39, 0.29) is 6.04 Å². The molecule has 0 aliphatic carbocycles. The van der Waals surface area contributed by atoms with Gasteiger partial charge < -0.3 is 10.1 Å². The summed E-state index contributed by atoms with van der Waals surface area (Å²) < 4.78 is 5.84. The second-order valence-corrected chi connectivity index (χ2v) is 5.41. The van der Waals surface area contributed by atoms with Crippen LogP contribution in [0.15, 0.2) is 42.5 Å². The lowest BCUT2D eigenvalue weighted by Crippen LogP contribution is -2.22. The Morgan fingerprint density at radius 2 is 2.00 bits per heavy atom. The first-order valence-electron chi connectivity index (χ1n) is 7.03. The van der Waals surface area contributed by atoms with Crippen molar-refractivity contribution in [2.24, 2.45) is 0 Å². The van der Waals surface area contributed by atoms with Crippen molar-refractivity contribution in [2.75, 3.05) is 13.2 Å². The van der Waals surface area contributed by atoms with Crippen molar-refractivity contribution in [3.63, 3.8) is 0 Å². The van der Waals surface area contributed by atoms with Crippen LogP contribution in [0.1, 0.15) is 29.7 Å². The summed E-state index contributed by atoms with van der Waals surface area (Å²) in [6, 6.07) is 14.6. The molecule has 2 nitrogen and oxygen atoms in total. The third kappa shape index (κ3) is 2.54.